The summed E-state index contributed by atoms with van der Waals surface area (Å²) in [6.45, 7) is 3.55. The molecule has 0 saturated heterocycles. The Kier molecular flexibility index (Phi) is 4.19. The molecule has 66 valence electrons. The first-order valence-corrected chi connectivity index (χ1v) is 4.40. The molecule has 1 N–H and O–H groups in total. The van der Waals surface area contributed by atoms with E-state index in [2.05, 4.69) is 0 Å². The van der Waals surface area contributed by atoms with Crippen molar-refractivity contribution in [3.63, 3.8) is 0 Å². The van der Waals surface area contributed by atoms with Crippen LogP contribution in [0, 0.1) is 5.41 Å². The molecule has 0 bridgehead atoms. The number of halogens is 2. The smallest absolute Gasteiger partial charge is 0.312 e. The van der Waals surface area contributed by atoms with Gasteiger partial charge in [-0.15, -0.1) is 23.2 Å². The van der Waals surface area contributed by atoms with Gasteiger partial charge >= 0.3 is 5.97 Å². The molecule has 0 aliphatic heterocycles. The molecule has 0 aromatic carbocycles. The highest BCUT2D eigenvalue weighted by Gasteiger charge is 2.41. The Balaban J connectivity index is 4.61. The summed E-state index contributed by atoms with van der Waals surface area (Å²) in [5.41, 5.74) is -0.969. The number of hydrogen-bond acceptors (Lipinski definition) is 1. The molecule has 0 saturated carbocycles. The van der Waals surface area contributed by atoms with E-state index in [0.29, 0.717) is 12.8 Å². The average molecular weight is 199 g/mol. The standard InChI is InChI=1S/C7H12Cl2O2/c1-3-7(4-2,5(8)9)6(10)11/h5H,3-4H2,1-2H3,(H,10,11). The quantitative estimate of drug-likeness (QED) is 0.706. The van der Waals surface area contributed by atoms with Crippen LogP contribution < -0.4 is 0 Å². The summed E-state index contributed by atoms with van der Waals surface area (Å²) in [5, 5.41) is 8.83. The van der Waals surface area contributed by atoms with Crippen LogP contribution in [-0.4, -0.2) is 15.9 Å². The number of rotatable bonds is 4. The first-order valence-electron chi connectivity index (χ1n) is 3.52. The highest BCUT2D eigenvalue weighted by Crippen LogP contribution is 2.36. The molecule has 0 aliphatic rings. The van der Waals surface area contributed by atoms with Crippen LogP contribution in [0.25, 0.3) is 0 Å². The third-order valence-corrected chi connectivity index (χ3v) is 2.94. The van der Waals surface area contributed by atoms with Gasteiger partial charge in [0, 0.05) is 0 Å². The largest absolute Gasteiger partial charge is 0.481 e. The molecule has 4 heteroatoms. The van der Waals surface area contributed by atoms with Gasteiger partial charge in [-0.1, -0.05) is 13.8 Å². The van der Waals surface area contributed by atoms with Crippen molar-refractivity contribution in [3.05, 3.63) is 0 Å². The molecule has 0 aliphatic carbocycles. The van der Waals surface area contributed by atoms with E-state index < -0.39 is 16.2 Å². The maximum Gasteiger partial charge on any atom is 0.312 e. The molecule has 0 rings (SSSR count). The summed E-state index contributed by atoms with van der Waals surface area (Å²) < 4.78 is 0. The summed E-state index contributed by atoms with van der Waals surface area (Å²) in [6, 6.07) is 0. The zero-order valence-electron chi connectivity index (χ0n) is 6.60. The van der Waals surface area contributed by atoms with Gasteiger partial charge in [0.15, 0.2) is 0 Å². The predicted molar refractivity (Wildman–Crippen MR) is 46.1 cm³/mol. The molecular weight excluding hydrogens is 187 g/mol. The minimum atomic E-state index is -0.969. The number of carboxylic acid groups (broad SMARTS) is 1. The predicted octanol–water partition coefficient (Wildman–Crippen LogP) is 2.68. The summed E-state index contributed by atoms with van der Waals surface area (Å²) in [4.78, 5) is 9.92. The van der Waals surface area contributed by atoms with Crippen LogP contribution in [0.3, 0.4) is 0 Å². The van der Waals surface area contributed by atoms with Gasteiger partial charge < -0.3 is 5.11 Å². The van der Waals surface area contributed by atoms with Crippen LogP contribution in [0.1, 0.15) is 26.7 Å². The van der Waals surface area contributed by atoms with Crippen LogP contribution in [-0.2, 0) is 4.79 Å². The lowest BCUT2D eigenvalue weighted by Gasteiger charge is -2.27. The van der Waals surface area contributed by atoms with Gasteiger partial charge in [0.25, 0.3) is 0 Å². The van der Waals surface area contributed by atoms with Crippen LogP contribution in [0.5, 0.6) is 0 Å². The summed E-state index contributed by atoms with van der Waals surface area (Å²) >= 11 is 11.2. The molecule has 0 spiro atoms. The Hall–Kier alpha value is 0.0500. The Morgan fingerprint density at radius 2 is 1.82 bits per heavy atom. The summed E-state index contributed by atoms with van der Waals surface area (Å²) in [5.74, 6) is -0.919. The number of hydrogen-bond donors (Lipinski definition) is 1. The van der Waals surface area contributed by atoms with Crippen molar-refractivity contribution in [1.82, 2.24) is 0 Å². The maximum atomic E-state index is 10.8. The fourth-order valence-electron chi connectivity index (χ4n) is 0.954. The van der Waals surface area contributed by atoms with Gasteiger partial charge in [0.2, 0.25) is 0 Å². The Labute approximate surface area is 76.5 Å². The molecule has 0 fully saturated rings. The van der Waals surface area contributed by atoms with Crippen molar-refractivity contribution in [2.24, 2.45) is 5.41 Å². The molecular formula is C7H12Cl2O2. The van der Waals surface area contributed by atoms with Gasteiger partial charge in [-0.05, 0) is 12.8 Å². The van der Waals surface area contributed by atoms with Gasteiger partial charge in [-0.2, -0.15) is 0 Å². The minimum absolute atomic E-state index is 0.455. The molecule has 2 nitrogen and oxygen atoms in total. The van der Waals surface area contributed by atoms with E-state index in [1.54, 1.807) is 13.8 Å². The van der Waals surface area contributed by atoms with E-state index in [-0.39, 0.29) is 0 Å². The van der Waals surface area contributed by atoms with Crippen molar-refractivity contribution < 1.29 is 9.90 Å². The maximum absolute atomic E-state index is 10.8. The number of aliphatic carboxylic acids is 1. The van der Waals surface area contributed by atoms with Crippen molar-refractivity contribution >= 4 is 29.2 Å². The Bertz CT molecular complexity index is 141. The lowest BCUT2D eigenvalue weighted by molar-refractivity contribution is -0.148. The van der Waals surface area contributed by atoms with Gasteiger partial charge in [0.1, 0.15) is 4.84 Å². The lowest BCUT2D eigenvalue weighted by atomic mass is 9.84. The normalized spacial score (nSPS) is 12.1. The second-order valence-corrected chi connectivity index (χ2v) is 3.57. The Morgan fingerprint density at radius 3 is 1.82 bits per heavy atom. The molecule has 0 atom stereocenters. The van der Waals surface area contributed by atoms with Crippen molar-refractivity contribution in [2.75, 3.05) is 0 Å². The fourth-order valence-corrected chi connectivity index (χ4v) is 1.76. The first kappa shape index (κ1) is 11.1. The van der Waals surface area contributed by atoms with E-state index in [1.807, 2.05) is 0 Å². The highest BCUT2D eigenvalue weighted by atomic mass is 35.5. The summed E-state index contributed by atoms with van der Waals surface area (Å²) in [7, 11) is 0. The number of alkyl halides is 2. The van der Waals surface area contributed by atoms with Crippen molar-refractivity contribution in [1.29, 1.82) is 0 Å². The third-order valence-electron chi connectivity index (χ3n) is 2.11. The number of carboxylic acids is 1. The van der Waals surface area contributed by atoms with Crippen LogP contribution in [0.15, 0.2) is 0 Å². The second kappa shape index (κ2) is 4.17. The minimum Gasteiger partial charge on any atom is -0.481 e. The molecule has 0 aromatic heterocycles. The van der Waals surface area contributed by atoms with E-state index in [9.17, 15) is 4.79 Å². The SMILES string of the molecule is CCC(CC)(C(=O)O)C(Cl)Cl. The Morgan fingerprint density at radius 1 is 1.45 bits per heavy atom. The van der Waals surface area contributed by atoms with Crippen LogP contribution >= 0.6 is 23.2 Å². The van der Waals surface area contributed by atoms with E-state index >= 15 is 0 Å². The highest BCUT2D eigenvalue weighted by molar-refractivity contribution is 6.45. The van der Waals surface area contributed by atoms with Gasteiger partial charge in [-0.25, -0.2) is 0 Å². The van der Waals surface area contributed by atoms with Crippen molar-refractivity contribution in [2.45, 2.75) is 31.5 Å². The lowest BCUT2D eigenvalue weighted by Crippen LogP contribution is -2.35. The van der Waals surface area contributed by atoms with E-state index in [4.69, 9.17) is 28.3 Å². The molecule has 0 heterocycles. The summed E-state index contributed by atoms with van der Waals surface area (Å²) in [6.07, 6.45) is 0.910. The molecule has 0 radical (unpaired) electrons. The van der Waals surface area contributed by atoms with Crippen LogP contribution in [0.4, 0.5) is 0 Å². The third kappa shape index (κ3) is 2.00. The topological polar surface area (TPSA) is 37.3 Å². The molecule has 11 heavy (non-hydrogen) atoms. The van der Waals surface area contributed by atoms with E-state index in [0.717, 1.165) is 0 Å². The molecule has 0 aromatic rings. The molecule has 0 unspecified atom stereocenters. The monoisotopic (exact) mass is 198 g/mol. The van der Waals surface area contributed by atoms with Gasteiger partial charge in [-0.3, -0.25) is 4.79 Å². The molecule has 0 amide bonds. The van der Waals surface area contributed by atoms with E-state index in [1.165, 1.54) is 0 Å². The number of carbonyl (C=O) groups is 1. The zero-order valence-corrected chi connectivity index (χ0v) is 8.11. The van der Waals surface area contributed by atoms with Crippen LogP contribution in [0.2, 0.25) is 0 Å². The van der Waals surface area contributed by atoms with Crippen molar-refractivity contribution in [3.8, 4) is 0 Å². The second-order valence-electron chi connectivity index (χ2n) is 2.47. The first-order chi connectivity index (χ1) is 5.01. The van der Waals surface area contributed by atoms with Gasteiger partial charge in [0.05, 0.1) is 5.41 Å². The zero-order chi connectivity index (χ0) is 9.07. The average Bonchev–Trinajstić information content (AvgIpc) is 1.90. The fraction of sp³-hybridized carbons (Fsp3) is 0.857.